The third-order valence-electron chi connectivity index (χ3n) is 3.40. The summed E-state index contributed by atoms with van der Waals surface area (Å²) in [4.78, 5) is 12.1. The van der Waals surface area contributed by atoms with Gasteiger partial charge in [0.05, 0.1) is 12.8 Å². The molecular weight excluding hydrogens is 250 g/mol. The second-order valence-electron chi connectivity index (χ2n) is 5.09. The van der Waals surface area contributed by atoms with Crippen molar-refractivity contribution >= 4 is 11.0 Å². The van der Waals surface area contributed by atoms with Crippen LogP contribution in [-0.4, -0.2) is 22.1 Å². The Balaban J connectivity index is 2.10. The quantitative estimate of drug-likeness (QED) is 0.786. The second-order valence-corrected chi connectivity index (χ2v) is 5.09. The monoisotopic (exact) mass is 267 g/mol. The fraction of sp³-hybridized carbons (Fsp3) is 0.250. The zero-order chi connectivity index (χ0) is 14.1. The molecule has 20 heavy (non-hydrogen) atoms. The summed E-state index contributed by atoms with van der Waals surface area (Å²) in [5.41, 5.74) is 4.11. The summed E-state index contributed by atoms with van der Waals surface area (Å²) in [6.45, 7) is 4.28. The fourth-order valence-electron chi connectivity index (χ4n) is 2.35. The minimum Gasteiger partial charge on any atom is -0.497 e. The lowest BCUT2D eigenvalue weighted by Crippen LogP contribution is -1.93. The average Bonchev–Trinajstić information content (AvgIpc) is 2.90. The molecule has 102 valence electrons. The molecule has 4 nitrogen and oxygen atoms in total. The number of rotatable bonds is 3. The van der Waals surface area contributed by atoms with E-state index in [4.69, 9.17) is 4.74 Å². The number of nitrogens with one attached hydrogen (secondary N) is 1. The molecule has 2 aromatic heterocycles. The molecular formula is C16H17N3O. The lowest BCUT2D eigenvalue weighted by molar-refractivity contribution is 0.415. The first-order valence-corrected chi connectivity index (χ1v) is 6.67. The molecule has 0 atom stereocenters. The van der Waals surface area contributed by atoms with Crippen LogP contribution in [-0.2, 0) is 0 Å². The van der Waals surface area contributed by atoms with Crippen molar-refractivity contribution in [1.82, 2.24) is 15.0 Å². The molecule has 3 aromatic rings. The number of aromatic nitrogens is 3. The molecule has 4 heteroatoms. The van der Waals surface area contributed by atoms with Gasteiger partial charge in [-0.25, -0.2) is 9.97 Å². The normalized spacial score (nSPS) is 11.2. The van der Waals surface area contributed by atoms with Crippen LogP contribution in [0.5, 0.6) is 5.75 Å². The van der Waals surface area contributed by atoms with E-state index in [1.807, 2.05) is 24.3 Å². The van der Waals surface area contributed by atoms with E-state index in [1.54, 1.807) is 13.4 Å². The lowest BCUT2D eigenvalue weighted by atomic mass is 10.1. The first kappa shape index (κ1) is 12.7. The van der Waals surface area contributed by atoms with E-state index in [-0.39, 0.29) is 0 Å². The van der Waals surface area contributed by atoms with Gasteiger partial charge in [-0.1, -0.05) is 13.8 Å². The van der Waals surface area contributed by atoms with Crippen molar-refractivity contribution in [2.45, 2.75) is 19.8 Å². The molecule has 1 aromatic carbocycles. The first-order valence-electron chi connectivity index (χ1n) is 6.67. The number of methoxy groups -OCH3 is 1. The Hall–Kier alpha value is -2.36. The predicted octanol–water partition coefficient (Wildman–Crippen LogP) is 3.76. The van der Waals surface area contributed by atoms with E-state index in [1.165, 1.54) is 0 Å². The Morgan fingerprint density at radius 2 is 1.85 bits per heavy atom. The molecule has 0 radical (unpaired) electrons. The van der Waals surface area contributed by atoms with Gasteiger partial charge in [-0.05, 0) is 41.8 Å². The maximum Gasteiger partial charge on any atom is 0.141 e. The van der Waals surface area contributed by atoms with Gasteiger partial charge < -0.3 is 9.72 Å². The van der Waals surface area contributed by atoms with Crippen LogP contribution in [0.25, 0.3) is 22.3 Å². The zero-order valence-corrected chi connectivity index (χ0v) is 11.8. The molecule has 0 amide bonds. The summed E-state index contributed by atoms with van der Waals surface area (Å²) in [6, 6.07) is 10.1. The van der Waals surface area contributed by atoms with E-state index in [2.05, 4.69) is 34.9 Å². The van der Waals surface area contributed by atoms with Crippen molar-refractivity contribution in [2.24, 2.45) is 0 Å². The highest BCUT2D eigenvalue weighted by molar-refractivity contribution is 5.85. The number of hydrogen-bond donors (Lipinski definition) is 1. The predicted molar refractivity (Wildman–Crippen MR) is 80.0 cm³/mol. The summed E-state index contributed by atoms with van der Waals surface area (Å²) in [5, 5.41) is 1.09. The molecule has 2 heterocycles. The van der Waals surface area contributed by atoms with Gasteiger partial charge in [-0.3, -0.25) is 0 Å². The van der Waals surface area contributed by atoms with Crippen molar-refractivity contribution in [3.05, 3.63) is 42.4 Å². The molecule has 0 aliphatic rings. The summed E-state index contributed by atoms with van der Waals surface area (Å²) >= 11 is 0. The smallest absolute Gasteiger partial charge is 0.141 e. The standard InChI is InChI=1S/C16H17N3O/c1-10(2)15-13-8-14(19-16(13)18-9-17-15)11-4-6-12(20-3)7-5-11/h4-10H,1-3H3,(H,17,18,19). The van der Waals surface area contributed by atoms with Gasteiger partial charge in [0.1, 0.15) is 17.7 Å². The Morgan fingerprint density at radius 1 is 1.10 bits per heavy atom. The molecule has 0 unspecified atom stereocenters. The molecule has 3 rings (SSSR count). The van der Waals surface area contributed by atoms with Gasteiger partial charge in [0.2, 0.25) is 0 Å². The van der Waals surface area contributed by atoms with Crippen LogP contribution in [0.1, 0.15) is 25.5 Å². The van der Waals surface area contributed by atoms with E-state index in [0.29, 0.717) is 5.92 Å². The first-order chi connectivity index (χ1) is 9.69. The van der Waals surface area contributed by atoms with Gasteiger partial charge >= 0.3 is 0 Å². The van der Waals surface area contributed by atoms with Crippen LogP contribution in [0.2, 0.25) is 0 Å². The Bertz CT molecular complexity index is 729. The number of ether oxygens (including phenoxy) is 1. The number of nitrogens with zero attached hydrogens (tertiary/aromatic N) is 2. The van der Waals surface area contributed by atoms with Gasteiger partial charge in [-0.2, -0.15) is 0 Å². The summed E-state index contributed by atoms with van der Waals surface area (Å²) < 4.78 is 5.18. The summed E-state index contributed by atoms with van der Waals surface area (Å²) in [6.07, 6.45) is 1.62. The third kappa shape index (κ3) is 2.13. The van der Waals surface area contributed by atoms with Crippen molar-refractivity contribution in [3.63, 3.8) is 0 Å². The third-order valence-corrected chi connectivity index (χ3v) is 3.40. The van der Waals surface area contributed by atoms with E-state index in [0.717, 1.165) is 33.7 Å². The lowest BCUT2D eigenvalue weighted by Gasteiger charge is -2.03. The fourth-order valence-corrected chi connectivity index (χ4v) is 2.35. The number of H-pyrrole nitrogens is 1. The van der Waals surface area contributed by atoms with E-state index >= 15 is 0 Å². The molecule has 0 saturated heterocycles. The maximum absolute atomic E-state index is 5.18. The van der Waals surface area contributed by atoms with Gasteiger partial charge in [0.25, 0.3) is 0 Å². The van der Waals surface area contributed by atoms with Crippen LogP contribution in [0.3, 0.4) is 0 Å². The molecule has 1 N–H and O–H groups in total. The Kier molecular flexibility index (Phi) is 3.14. The van der Waals surface area contributed by atoms with Crippen LogP contribution in [0.15, 0.2) is 36.7 Å². The maximum atomic E-state index is 5.18. The van der Waals surface area contributed by atoms with Gasteiger partial charge in [0, 0.05) is 11.1 Å². The molecule has 0 bridgehead atoms. The second kappa shape index (κ2) is 4.96. The summed E-state index contributed by atoms with van der Waals surface area (Å²) in [7, 11) is 1.67. The number of benzene rings is 1. The van der Waals surface area contributed by atoms with Crippen molar-refractivity contribution in [1.29, 1.82) is 0 Å². The van der Waals surface area contributed by atoms with E-state index in [9.17, 15) is 0 Å². The van der Waals surface area contributed by atoms with Crippen LogP contribution < -0.4 is 4.74 Å². The Labute approximate surface area is 117 Å². The molecule has 0 spiro atoms. The van der Waals surface area contributed by atoms with Crippen LogP contribution >= 0.6 is 0 Å². The zero-order valence-electron chi connectivity index (χ0n) is 11.8. The SMILES string of the molecule is COc1ccc(-c2cc3c(C(C)C)ncnc3[nH]2)cc1. The van der Waals surface area contributed by atoms with Crippen molar-refractivity contribution in [2.75, 3.05) is 7.11 Å². The van der Waals surface area contributed by atoms with Crippen molar-refractivity contribution in [3.8, 4) is 17.0 Å². The van der Waals surface area contributed by atoms with Crippen LogP contribution in [0, 0.1) is 0 Å². The number of fused-ring (bicyclic) bond motifs is 1. The summed E-state index contributed by atoms with van der Waals surface area (Å²) in [5.74, 6) is 1.23. The Morgan fingerprint density at radius 3 is 2.50 bits per heavy atom. The molecule has 0 aliphatic heterocycles. The minimum absolute atomic E-state index is 0.375. The topological polar surface area (TPSA) is 50.8 Å². The highest BCUT2D eigenvalue weighted by Gasteiger charge is 2.11. The van der Waals surface area contributed by atoms with Gasteiger partial charge in [0.15, 0.2) is 0 Å². The highest BCUT2D eigenvalue weighted by atomic mass is 16.5. The van der Waals surface area contributed by atoms with Gasteiger partial charge in [-0.15, -0.1) is 0 Å². The largest absolute Gasteiger partial charge is 0.497 e. The number of hydrogen-bond acceptors (Lipinski definition) is 3. The number of aromatic amines is 1. The van der Waals surface area contributed by atoms with Crippen molar-refractivity contribution < 1.29 is 4.74 Å². The average molecular weight is 267 g/mol. The molecule has 0 saturated carbocycles. The van der Waals surface area contributed by atoms with E-state index < -0.39 is 0 Å². The van der Waals surface area contributed by atoms with Crippen LogP contribution in [0.4, 0.5) is 0 Å². The molecule has 0 fully saturated rings. The molecule has 0 aliphatic carbocycles. The minimum atomic E-state index is 0.375. The highest BCUT2D eigenvalue weighted by Crippen LogP contribution is 2.28.